The molecule has 0 aliphatic carbocycles. The van der Waals surface area contributed by atoms with Crippen LogP contribution in [0.25, 0.3) is 0 Å². The summed E-state index contributed by atoms with van der Waals surface area (Å²) in [4.78, 5) is 8.17. The fourth-order valence-electron chi connectivity index (χ4n) is 0.129. The zero-order valence-corrected chi connectivity index (χ0v) is 21.9. The van der Waals surface area contributed by atoms with Crippen LogP contribution in [0.2, 0.25) is 0 Å². The van der Waals surface area contributed by atoms with E-state index in [9.17, 15) is 0 Å². The summed E-state index contributed by atoms with van der Waals surface area (Å²) in [5.74, 6) is 0. The summed E-state index contributed by atoms with van der Waals surface area (Å²) in [6.45, 7) is 22.3. The molecule has 0 spiro atoms. The van der Waals surface area contributed by atoms with Gasteiger partial charge < -0.3 is 10.2 Å². The molecule has 0 fully saturated rings. The molecule has 4 N–H and O–H groups in total. The van der Waals surface area contributed by atoms with Crippen LogP contribution in [0.3, 0.4) is 0 Å². The van der Waals surface area contributed by atoms with E-state index in [1.165, 1.54) is 0 Å². The summed E-state index contributed by atoms with van der Waals surface area (Å²) >= 11 is 0.750. The number of rotatable bonds is 6. The normalized spacial score (nSPS) is 11.2. The average molecular weight is 448 g/mol. The summed E-state index contributed by atoms with van der Waals surface area (Å²) in [5.41, 5.74) is -1.64. The van der Waals surface area contributed by atoms with Crippen molar-refractivity contribution in [2.24, 2.45) is 0 Å². The third-order valence-electron chi connectivity index (χ3n) is 3.93. The Bertz CT molecular complexity index is 267. The second-order valence-corrected chi connectivity index (χ2v) is 8.74. The van der Waals surface area contributed by atoms with Crippen molar-refractivity contribution in [2.45, 2.75) is 131 Å². The Morgan fingerprint density at radius 1 is 0.571 bits per heavy atom. The SMILES string of the molecule is CCC(C)(C)O.CCC(C)(C)O.CCC(C)(C)OO.CCC(C)(C)OO.[O]=[Ti]. The zero-order chi connectivity index (χ0) is 24.2. The zero-order valence-electron chi connectivity index (χ0n) is 20.3. The van der Waals surface area contributed by atoms with Crippen molar-refractivity contribution < 1.29 is 54.2 Å². The molecule has 0 unspecified atom stereocenters. The first-order chi connectivity index (χ1) is 12.4. The van der Waals surface area contributed by atoms with Gasteiger partial charge in [0, 0.05) is 0 Å². The molecule has 0 rings (SSSR count). The Balaban J connectivity index is -0.0000000816. The van der Waals surface area contributed by atoms with Crippen molar-refractivity contribution in [3.63, 3.8) is 0 Å². The van der Waals surface area contributed by atoms with E-state index in [0.717, 1.165) is 46.1 Å². The van der Waals surface area contributed by atoms with Gasteiger partial charge in [-0.3, -0.25) is 10.5 Å². The van der Waals surface area contributed by atoms with Crippen LogP contribution in [-0.2, 0) is 33.5 Å². The Morgan fingerprint density at radius 2 is 0.714 bits per heavy atom. The predicted octanol–water partition coefficient (Wildman–Crippen LogP) is 5.54. The van der Waals surface area contributed by atoms with Crippen LogP contribution in [0.15, 0.2) is 0 Å². The summed E-state index contributed by atoms with van der Waals surface area (Å²) < 4.78 is 8.25. The number of hydrogen-bond donors (Lipinski definition) is 4. The molecule has 0 aromatic heterocycles. The molecule has 0 heterocycles. The van der Waals surface area contributed by atoms with Crippen LogP contribution in [0.5, 0.6) is 0 Å². The van der Waals surface area contributed by atoms with E-state index in [1.807, 2.05) is 55.4 Å². The van der Waals surface area contributed by atoms with E-state index in [4.69, 9.17) is 24.1 Å². The maximum atomic E-state index is 8.83. The van der Waals surface area contributed by atoms with Crippen LogP contribution in [0.1, 0.15) is 109 Å². The minimum atomic E-state index is -0.458. The van der Waals surface area contributed by atoms with E-state index in [1.54, 1.807) is 27.7 Å². The summed E-state index contributed by atoms with van der Waals surface area (Å²) in [5, 5.41) is 33.8. The molecule has 0 aliphatic rings. The first-order valence-corrected chi connectivity index (χ1v) is 10.3. The van der Waals surface area contributed by atoms with Gasteiger partial charge >= 0.3 is 23.7 Å². The van der Waals surface area contributed by atoms with Crippen molar-refractivity contribution >= 4 is 0 Å². The summed E-state index contributed by atoms with van der Waals surface area (Å²) in [6.07, 6.45) is 3.30. The van der Waals surface area contributed by atoms with Crippen molar-refractivity contribution in [2.75, 3.05) is 0 Å². The molecule has 0 saturated heterocycles. The van der Waals surface area contributed by atoms with E-state index >= 15 is 0 Å². The molecule has 0 atom stereocenters. The van der Waals surface area contributed by atoms with Crippen LogP contribution >= 0.6 is 0 Å². The van der Waals surface area contributed by atoms with Gasteiger partial charge in [-0.15, -0.1) is 0 Å². The van der Waals surface area contributed by atoms with E-state index in [0.29, 0.717) is 0 Å². The van der Waals surface area contributed by atoms with Gasteiger partial charge in [0.25, 0.3) is 0 Å². The fourth-order valence-corrected chi connectivity index (χ4v) is 0.129. The van der Waals surface area contributed by atoms with Crippen molar-refractivity contribution in [3.05, 3.63) is 0 Å². The molecule has 0 amide bonds. The van der Waals surface area contributed by atoms with Gasteiger partial charge in [0.05, 0.1) is 22.4 Å². The molecular formula is C20H48O7Ti. The van der Waals surface area contributed by atoms with Crippen molar-refractivity contribution in [3.8, 4) is 0 Å². The fraction of sp³-hybridized carbons (Fsp3) is 1.00. The second kappa shape index (κ2) is 20.5. The first kappa shape index (κ1) is 38.8. The van der Waals surface area contributed by atoms with Gasteiger partial charge in [0.1, 0.15) is 0 Å². The van der Waals surface area contributed by atoms with Gasteiger partial charge in [0.15, 0.2) is 0 Å². The van der Waals surface area contributed by atoms with Crippen LogP contribution in [0.4, 0.5) is 0 Å². The van der Waals surface area contributed by atoms with Crippen molar-refractivity contribution in [1.82, 2.24) is 0 Å². The maximum absolute atomic E-state index is 8.83. The third-order valence-corrected chi connectivity index (χ3v) is 3.93. The molecule has 0 aromatic rings. The molecule has 0 bridgehead atoms. The second-order valence-electron chi connectivity index (χ2n) is 8.74. The molecule has 0 saturated carbocycles. The topological polar surface area (TPSA) is 116 Å². The molecule has 28 heavy (non-hydrogen) atoms. The minimum absolute atomic E-state index is 0.361. The Kier molecular flexibility index (Phi) is 28.5. The first-order valence-electron chi connectivity index (χ1n) is 9.67. The Labute approximate surface area is 185 Å². The van der Waals surface area contributed by atoms with Gasteiger partial charge in [-0.1, -0.05) is 27.7 Å². The summed E-state index contributed by atoms with van der Waals surface area (Å²) in [7, 11) is 0. The predicted molar refractivity (Wildman–Crippen MR) is 110 cm³/mol. The van der Waals surface area contributed by atoms with Gasteiger partial charge in [-0.25, -0.2) is 9.78 Å². The number of aliphatic hydroxyl groups is 2. The molecule has 0 aliphatic heterocycles. The van der Waals surface area contributed by atoms with Crippen molar-refractivity contribution in [1.29, 1.82) is 0 Å². The molecular weight excluding hydrogens is 400 g/mol. The third kappa shape index (κ3) is 50.3. The molecule has 174 valence electrons. The number of hydrogen-bond acceptors (Lipinski definition) is 7. The standard InChI is InChI=1S/2C5H12O2.2C5H12O.O.Ti/c2*1-4-5(2,3)7-6;2*1-4-5(2,3)6;;/h2*6H,4H2,1-3H3;2*6H,4H2,1-3H3;;. The van der Waals surface area contributed by atoms with Crippen LogP contribution in [-0.4, -0.2) is 43.1 Å². The van der Waals surface area contributed by atoms with E-state index in [2.05, 4.69) is 9.78 Å². The molecule has 0 aromatic carbocycles. The quantitative estimate of drug-likeness (QED) is 0.239. The Morgan fingerprint density at radius 3 is 0.714 bits per heavy atom. The molecule has 7 nitrogen and oxygen atoms in total. The average Bonchev–Trinajstić information content (AvgIpc) is 2.63. The van der Waals surface area contributed by atoms with E-state index in [-0.39, 0.29) is 11.2 Å². The molecule has 0 radical (unpaired) electrons. The van der Waals surface area contributed by atoms with Gasteiger partial charge in [-0.2, -0.15) is 0 Å². The van der Waals surface area contributed by atoms with Crippen LogP contribution in [0, 0.1) is 0 Å². The molecule has 8 heteroatoms. The van der Waals surface area contributed by atoms with E-state index < -0.39 is 11.2 Å². The monoisotopic (exact) mass is 448 g/mol. The van der Waals surface area contributed by atoms with Gasteiger partial charge in [-0.05, 0) is 81.1 Å². The van der Waals surface area contributed by atoms with Crippen LogP contribution < -0.4 is 0 Å². The summed E-state index contributed by atoms with van der Waals surface area (Å²) in [6, 6.07) is 0. The Hall–Kier alpha value is 0.274. The van der Waals surface area contributed by atoms with Gasteiger partial charge in [0.2, 0.25) is 0 Å².